The molecule has 0 aromatic heterocycles. The van der Waals surface area contributed by atoms with Crippen LogP contribution in [0.5, 0.6) is 23.0 Å². The van der Waals surface area contributed by atoms with Crippen molar-refractivity contribution in [3.8, 4) is 23.0 Å². The van der Waals surface area contributed by atoms with E-state index in [1.807, 2.05) is 24.3 Å². The summed E-state index contributed by atoms with van der Waals surface area (Å²) in [4.78, 5) is 24.6. The summed E-state index contributed by atoms with van der Waals surface area (Å²) in [5, 5.41) is 3.95. The van der Waals surface area contributed by atoms with E-state index in [1.54, 1.807) is 42.5 Å². The van der Waals surface area contributed by atoms with Gasteiger partial charge in [0, 0.05) is 0 Å². The van der Waals surface area contributed by atoms with Gasteiger partial charge in [-0.2, -0.15) is 5.10 Å². The maximum atomic E-state index is 12.6. The molecule has 37 heavy (non-hydrogen) atoms. The minimum Gasteiger partial charge on any atom is -0.494 e. The van der Waals surface area contributed by atoms with Gasteiger partial charge in [-0.25, -0.2) is 10.2 Å². The van der Waals surface area contributed by atoms with Crippen molar-refractivity contribution < 1.29 is 28.5 Å². The number of carbonyl (C=O) groups excluding carboxylic acids is 2. The second-order valence-corrected chi connectivity index (χ2v) is 8.11. The number of nitrogens with one attached hydrogen (secondary N) is 1. The SMILES string of the molecule is CCCCOc1ccc(C(=O)Oc2ccc(/C=N/NC(=O)COc3ccc(CC)cc3)cc2OC)cc1. The lowest BCUT2D eigenvalue weighted by molar-refractivity contribution is -0.123. The molecular formula is C29H32N2O6. The van der Waals surface area contributed by atoms with Crippen LogP contribution < -0.4 is 24.4 Å². The van der Waals surface area contributed by atoms with E-state index in [2.05, 4.69) is 24.4 Å². The number of carbonyl (C=O) groups is 2. The summed E-state index contributed by atoms with van der Waals surface area (Å²) in [7, 11) is 1.47. The third kappa shape index (κ3) is 8.68. The molecule has 3 aromatic rings. The number of amides is 1. The molecule has 0 unspecified atom stereocenters. The van der Waals surface area contributed by atoms with Crippen molar-refractivity contribution in [3.63, 3.8) is 0 Å². The van der Waals surface area contributed by atoms with Gasteiger partial charge in [0.2, 0.25) is 0 Å². The maximum Gasteiger partial charge on any atom is 0.343 e. The van der Waals surface area contributed by atoms with Gasteiger partial charge in [0.15, 0.2) is 18.1 Å². The average Bonchev–Trinajstić information content (AvgIpc) is 2.93. The predicted molar refractivity (Wildman–Crippen MR) is 142 cm³/mol. The van der Waals surface area contributed by atoms with Crippen molar-refractivity contribution in [2.75, 3.05) is 20.3 Å². The Balaban J connectivity index is 1.51. The quantitative estimate of drug-likeness (QED) is 0.113. The largest absolute Gasteiger partial charge is 0.494 e. The summed E-state index contributed by atoms with van der Waals surface area (Å²) < 4.78 is 22.0. The first-order valence-corrected chi connectivity index (χ1v) is 12.2. The zero-order valence-corrected chi connectivity index (χ0v) is 21.4. The molecule has 3 aromatic carbocycles. The normalized spacial score (nSPS) is 10.7. The van der Waals surface area contributed by atoms with Crippen LogP contribution in [0, 0.1) is 0 Å². The van der Waals surface area contributed by atoms with Crippen LogP contribution in [0.3, 0.4) is 0 Å². The Morgan fingerprint density at radius 1 is 0.892 bits per heavy atom. The number of nitrogens with zero attached hydrogens (tertiary/aromatic N) is 1. The van der Waals surface area contributed by atoms with E-state index in [0.29, 0.717) is 35.0 Å². The molecule has 0 saturated heterocycles. The van der Waals surface area contributed by atoms with Crippen LogP contribution in [0.25, 0.3) is 0 Å². The number of ether oxygens (including phenoxy) is 4. The van der Waals surface area contributed by atoms with Gasteiger partial charge in [0.05, 0.1) is 25.5 Å². The van der Waals surface area contributed by atoms with E-state index >= 15 is 0 Å². The molecule has 0 bridgehead atoms. The van der Waals surface area contributed by atoms with Crippen molar-refractivity contribution in [2.24, 2.45) is 5.10 Å². The third-order valence-corrected chi connectivity index (χ3v) is 5.35. The summed E-state index contributed by atoms with van der Waals surface area (Å²) >= 11 is 0. The van der Waals surface area contributed by atoms with E-state index in [1.165, 1.54) is 18.9 Å². The van der Waals surface area contributed by atoms with Crippen molar-refractivity contribution in [1.29, 1.82) is 0 Å². The Morgan fingerprint density at radius 3 is 2.27 bits per heavy atom. The summed E-state index contributed by atoms with van der Waals surface area (Å²) in [6.45, 7) is 4.64. The Hall–Kier alpha value is -4.33. The average molecular weight is 505 g/mol. The van der Waals surface area contributed by atoms with E-state index in [0.717, 1.165) is 19.3 Å². The molecule has 0 heterocycles. The first-order valence-electron chi connectivity index (χ1n) is 12.2. The monoisotopic (exact) mass is 504 g/mol. The van der Waals surface area contributed by atoms with Gasteiger partial charge >= 0.3 is 5.97 Å². The molecule has 0 aliphatic carbocycles. The van der Waals surface area contributed by atoms with E-state index in [4.69, 9.17) is 18.9 Å². The van der Waals surface area contributed by atoms with Crippen molar-refractivity contribution in [1.82, 2.24) is 5.43 Å². The Kier molecular flexibility index (Phi) is 10.5. The molecule has 0 atom stereocenters. The molecule has 3 rings (SSSR count). The summed E-state index contributed by atoms with van der Waals surface area (Å²) in [6, 6.07) is 19.3. The fraction of sp³-hybridized carbons (Fsp3) is 0.276. The number of aryl methyl sites for hydroxylation is 1. The van der Waals surface area contributed by atoms with Crippen LogP contribution in [-0.2, 0) is 11.2 Å². The molecule has 8 nitrogen and oxygen atoms in total. The standard InChI is InChI=1S/C29H32N2O6/c1-4-6-17-35-24-14-10-23(11-15-24)29(33)37-26-16-9-22(18-27(26)34-3)19-30-31-28(32)20-36-25-12-7-21(5-2)8-13-25/h7-16,18-19H,4-6,17,20H2,1-3H3,(H,31,32)/b30-19+. The van der Waals surface area contributed by atoms with Crippen LogP contribution in [0.1, 0.15) is 48.2 Å². The lowest BCUT2D eigenvalue weighted by Gasteiger charge is -2.10. The van der Waals surface area contributed by atoms with E-state index in [-0.39, 0.29) is 12.4 Å². The molecule has 194 valence electrons. The Labute approximate surface area is 217 Å². The second-order valence-electron chi connectivity index (χ2n) is 8.11. The molecule has 0 fully saturated rings. The maximum absolute atomic E-state index is 12.6. The highest BCUT2D eigenvalue weighted by Gasteiger charge is 2.13. The fourth-order valence-electron chi connectivity index (χ4n) is 3.21. The van der Waals surface area contributed by atoms with Crippen LogP contribution in [-0.4, -0.2) is 38.4 Å². The number of unbranched alkanes of at least 4 members (excludes halogenated alkanes) is 1. The van der Waals surface area contributed by atoms with Crippen LogP contribution >= 0.6 is 0 Å². The van der Waals surface area contributed by atoms with Crippen LogP contribution in [0.2, 0.25) is 0 Å². The molecule has 0 aliphatic heterocycles. The molecule has 0 aliphatic rings. The number of esters is 1. The van der Waals surface area contributed by atoms with E-state index in [9.17, 15) is 9.59 Å². The smallest absolute Gasteiger partial charge is 0.343 e. The zero-order valence-electron chi connectivity index (χ0n) is 21.4. The van der Waals surface area contributed by atoms with Gasteiger partial charge in [-0.15, -0.1) is 0 Å². The minimum atomic E-state index is -0.517. The lowest BCUT2D eigenvalue weighted by atomic mass is 10.2. The molecule has 8 heteroatoms. The highest BCUT2D eigenvalue weighted by Crippen LogP contribution is 2.28. The van der Waals surface area contributed by atoms with Gasteiger partial charge < -0.3 is 18.9 Å². The molecule has 0 saturated carbocycles. The highest BCUT2D eigenvalue weighted by atomic mass is 16.6. The number of hydrazone groups is 1. The highest BCUT2D eigenvalue weighted by molar-refractivity contribution is 5.92. The number of hydrogen-bond donors (Lipinski definition) is 1. The third-order valence-electron chi connectivity index (χ3n) is 5.35. The molecule has 1 N–H and O–H groups in total. The second kappa shape index (κ2) is 14.3. The van der Waals surface area contributed by atoms with Crippen molar-refractivity contribution >= 4 is 18.1 Å². The van der Waals surface area contributed by atoms with Crippen LogP contribution in [0.15, 0.2) is 71.8 Å². The number of methoxy groups -OCH3 is 1. The molecule has 1 amide bonds. The van der Waals surface area contributed by atoms with Gasteiger partial charge in [0.1, 0.15) is 11.5 Å². The summed E-state index contributed by atoms with van der Waals surface area (Å²) in [5.74, 6) is 1.02. The van der Waals surface area contributed by atoms with Gasteiger partial charge in [-0.1, -0.05) is 32.4 Å². The Morgan fingerprint density at radius 2 is 1.59 bits per heavy atom. The molecular weight excluding hydrogens is 472 g/mol. The topological polar surface area (TPSA) is 95.5 Å². The lowest BCUT2D eigenvalue weighted by Crippen LogP contribution is -2.24. The van der Waals surface area contributed by atoms with Crippen molar-refractivity contribution in [2.45, 2.75) is 33.1 Å². The first kappa shape index (κ1) is 27.3. The predicted octanol–water partition coefficient (Wildman–Crippen LogP) is 5.18. The van der Waals surface area contributed by atoms with Gasteiger partial charge in [0.25, 0.3) is 5.91 Å². The Bertz CT molecular complexity index is 1190. The van der Waals surface area contributed by atoms with Crippen molar-refractivity contribution in [3.05, 3.63) is 83.4 Å². The number of benzene rings is 3. The number of rotatable bonds is 13. The summed E-state index contributed by atoms with van der Waals surface area (Å²) in [5.41, 5.74) is 4.64. The van der Waals surface area contributed by atoms with Gasteiger partial charge in [-0.3, -0.25) is 4.79 Å². The summed E-state index contributed by atoms with van der Waals surface area (Å²) in [6.07, 6.45) is 4.42. The molecule has 0 spiro atoms. The van der Waals surface area contributed by atoms with E-state index < -0.39 is 11.9 Å². The first-order chi connectivity index (χ1) is 18.0. The van der Waals surface area contributed by atoms with Crippen LogP contribution in [0.4, 0.5) is 0 Å². The fourth-order valence-corrected chi connectivity index (χ4v) is 3.21. The minimum absolute atomic E-state index is 0.160. The number of hydrogen-bond acceptors (Lipinski definition) is 7. The molecule has 0 radical (unpaired) electrons. The zero-order chi connectivity index (χ0) is 26.5. The van der Waals surface area contributed by atoms with Gasteiger partial charge in [-0.05, 0) is 78.6 Å².